The second-order valence-electron chi connectivity index (χ2n) is 4.01. The van der Waals surface area contributed by atoms with E-state index in [1.807, 2.05) is 0 Å². The molecule has 1 saturated carbocycles. The summed E-state index contributed by atoms with van der Waals surface area (Å²) in [7, 11) is 0. The van der Waals surface area contributed by atoms with Crippen LogP contribution < -0.4 is 0 Å². The number of hydrogen-bond acceptors (Lipinski definition) is 3. The van der Waals surface area contributed by atoms with E-state index in [2.05, 4.69) is 0 Å². The van der Waals surface area contributed by atoms with Crippen LogP contribution in [0.15, 0.2) is 0 Å². The predicted molar refractivity (Wildman–Crippen MR) is 48.2 cm³/mol. The monoisotopic (exact) mass is 195 g/mol. The maximum Gasteiger partial charge on any atom is 0.232 e. The van der Waals surface area contributed by atoms with Crippen LogP contribution in [0.3, 0.4) is 0 Å². The Hall–Kier alpha value is -1.19. The molecule has 0 N–H and O–H groups in total. The van der Waals surface area contributed by atoms with Crippen LogP contribution in [0, 0.1) is 11.8 Å². The largest absolute Gasteiger partial charge is 0.301 e. The van der Waals surface area contributed by atoms with Crippen molar-refractivity contribution < 1.29 is 14.4 Å². The molecule has 1 heterocycles. The number of carbonyl (C=O) groups excluding carboxylic acids is 3. The van der Waals surface area contributed by atoms with Gasteiger partial charge in [0, 0.05) is 11.8 Å². The topological polar surface area (TPSA) is 54.5 Å². The van der Waals surface area contributed by atoms with Gasteiger partial charge < -0.3 is 4.79 Å². The number of likely N-dealkylation sites (tertiary alicyclic amines) is 1. The minimum atomic E-state index is -0.141. The molecule has 1 aliphatic heterocycles. The summed E-state index contributed by atoms with van der Waals surface area (Å²) in [6.45, 7) is -0.0648. The zero-order valence-corrected chi connectivity index (χ0v) is 7.94. The molecule has 2 amide bonds. The molecule has 0 aromatic carbocycles. The zero-order valence-electron chi connectivity index (χ0n) is 7.94. The molecular weight excluding hydrogens is 182 g/mol. The fourth-order valence-corrected chi connectivity index (χ4v) is 2.44. The van der Waals surface area contributed by atoms with Gasteiger partial charge in [0.1, 0.15) is 6.29 Å². The second-order valence-corrected chi connectivity index (χ2v) is 4.01. The Kier molecular flexibility index (Phi) is 2.35. The fraction of sp³-hybridized carbons (Fsp3) is 0.700. The third-order valence-electron chi connectivity index (χ3n) is 3.16. The van der Waals surface area contributed by atoms with Crippen LogP contribution in [0.25, 0.3) is 0 Å². The van der Waals surface area contributed by atoms with Gasteiger partial charge in [-0.1, -0.05) is 6.42 Å². The molecule has 2 rings (SSSR count). The lowest BCUT2D eigenvalue weighted by Gasteiger charge is -2.38. The molecule has 2 bridgehead atoms. The van der Waals surface area contributed by atoms with Crippen LogP contribution in [-0.2, 0) is 14.4 Å². The van der Waals surface area contributed by atoms with Gasteiger partial charge in [-0.25, -0.2) is 0 Å². The van der Waals surface area contributed by atoms with Crippen molar-refractivity contribution >= 4 is 18.1 Å². The summed E-state index contributed by atoms with van der Waals surface area (Å²) in [4.78, 5) is 34.8. The number of hydrogen-bond donors (Lipinski definition) is 0. The smallest absolute Gasteiger partial charge is 0.232 e. The molecule has 2 atom stereocenters. The van der Waals surface area contributed by atoms with Gasteiger partial charge in [-0.2, -0.15) is 0 Å². The van der Waals surface area contributed by atoms with E-state index in [9.17, 15) is 14.4 Å². The first-order valence-corrected chi connectivity index (χ1v) is 5.03. The third-order valence-corrected chi connectivity index (χ3v) is 3.16. The average Bonchev–Trinajstić information content (AvgIpc) is 2.23. The van der Waals surface area contributed by atoms with Gasteiger partial charge in [0.05, 0.1) is 6.54 Å². The lowest BCUT2D eigenvalue weighted by molar-refractivity contribution is -0.158. The van der Waals surface area contributed by atoms with Crippen LogP contribution in [0.4, 0.5) is 0 Å². The third kappa shape index (κ3) is 1.35. The molecule has 1 saturated heterocycles. The first kappa shape index (κ1) is 9.37. The summed E-state index contributed by atoms with van der Waals surface area (Å²) >= 11 is 0. The van der Waals surface area contributed by atoms with Crippen molar-refractivity contribution in [1.82, 2.24) is 4.90 Å². The molecular formula is C10H13NO3. The Bertz CT molecular complexity index is 265. The number of nitrogens with zero attached hydrogens (tertiary/aromatic N) is 1. The molecule has 0 spiro atoms. The van der Waals surface area contributed by atoms with Gasteiger partial charge in [-0.15, -0.1) is 0 Å². The Morgan fingerprint density at radius 2 is 1.79 bits per heavy atom. The van der Waals surface area contributed by atoms with Gasteiger partial charge in [0.15, 0.2) is 0 Å². The summed E-state index contributed by atoms with van der Waals surface area (Å²) in [5.41, 5.74) is 0. The highest BCUT2D eigenvalue weighted by Gasteiger charge is 2.42. The van der Waals surface area contributed by atoms with E-state index in [4.69, 9.17) is 0 Å². The molecule has 0 aromatic heterocycles. The first-order chi connectivity index (χ1) is 6.74. The number of piperidine rings is 1. The number of imide groups is 1. The van der Waals surface area contributed by atoms with E-state index in [1.165, 1.54) is 0 Å². The Labute approximate surface area is 82.3 Å². The molecule has 2 fully saturated rings. The minimum Gasteiger partial charge on any atom is -0.301 e. The molecule has 76 valence electrons. The summed E-state index contributed by atoms with van der Waals surface area (Å²) in [5, 5.41) is 0. The van der Waals surface area contributed by atoms with E-state index in [0.717, 1.165) is 24.2 Å². The van der Waals surface area contributed by atoms with E-state index in [-0.39, 0.29) is 30.2 Å². The van der Waals surface area contributed by atoms with E-state index in [0.29, 0.717) is 12.7 Å². The lowest BCUT2D eigenvalue weighted by atomic mass is 9.77. The normalized spacial score (nSPS) is 31.9. The van der Waals surface area contributed by atoms with Gasteiger partial charge in [0.25, 0.3) is 0 Å². The summed E-state index contributed by atoms with van der Waals surface area (Å²) in [6, 6.07) is 0. The molecule has 2 aliphatic rings. The number of aldehydes is 1. The SMILES string of the molecule is O=CCN1C(=O)C2CCCC(C2)C1=O. The quantitative estimate of drug-likeness (QED) is 0.472. The summed E-state index contributed by atoms with van der Waals surface area (Å²) in [5.74, 6) is -0.297. The fourth-order valence-electron chi connectivity index (χ4n) is 2.44. The predicted octanol–water partition coefficient (Wildman–Crippen LogP) is 0.360. The van der Waals surface area contributed by atoms with Crippen LogP contribution in [0.1, 0.15) is 25.7 Å². The Balaban J connectivity index is 2.20. The van der Waals surface area contributed by atoms with Crippen LogP contribution in [0.5, 0.6) is 0 Å². The minimum absolute atomic E-state index is 0.00796. The highest BCUT2D eigenvalue weighted by molar-refractivity contribution is 6.01. The van der Waals surface area contributed by atoms with E-state index in [1.54, 1.807) is 0 Å². The number of fused-ring (bicyclic) bond motifs is 2. The molecule has 1 aliphatic carbocycles. The van der Waals surface area contributed by atoms with Crippen molar-refractivity contribution in [2.45, 2.75) is 25.7 Å². The van der Waals surface area contributed by atoms with Crippen LogP contribution in [-0.4, -0.2) is 29.5 Å². The summed E-state index contributed by atoms with van der Waals surface area (Å²) in [6.07, 6.45) is 4.03. The Morgan fingerprint density at radius 1 is 1.21 bits per heavy atom. The zero-order chi connectivity index (χ0) is 10.1. The lowest BCUT2D eigenvalue weighted by Crippen LogP contribution is -2.51. The van der Waals surface area contributed by atoms with Crippen molar-refractivity contribution in [3.8, 4) is 0 Å². The van der Waals surface area contributed by atoms with Crippen molar-refractivity contribution in [2.75, 3.05) is 6.54 Å². The van der Waals surface area contributed by atoms with Crippen LogP contribution in [0.2, 0.25) is 0 Å². The van der Waals surface area contributed by atoms with Crippen molar-refractivity contribution in [3.63, 3.8) is 0 Å². The van der Waals surface area contributed by atoms with Crippen molar-refractivity contribution in [2.24, 2.45) is 11.8 Å². The van der Waals surface area contributed by atoms with Crippen molar-refractivity contribution in [1.29, 1.82) is 0 Å². The molecule has 0 radical (unpaired) electrons. The number of carbonyl (C=O) groups is 3. The van der Waals surface area contributed by atoms with Crippen LogP contribution >= 0.6 is 0 Å². The highest BCUT2D eigenvalue weighted by atomic mass is 16.2. The molecule has 4 nitrogen and oxygen atoms in total. The van der Waals surface area contributed by atoms with E-state index < -0.39 is 0 Å². The molecule has 0 aromatic rings. The maximum atomic E-state index is 11.7. The molecule has 14 heavy (non-hydrogen) atoms. The second kappa shape index (κ2) is 3.52. The number of rotatable bonds is 2. The maximum absolute atomic E-state index is 11.7. The van der Waals surface area contributed by atoms with Gasteiger partial charge in [0.2, 0.25) is 11.8 Å². The molecule has 2 unspecified atom stereocenters. The van der Waals surface area contributed by atoms with Gasteiger partial charge >= 0.3 is 0 Å². The standard InChI is InChI=1S/C10H13NO3/c12-5-4-11-9(13)7-2-1-3-8(6-7)10(11)14/h5,7-8H,1-4,6H2. The van der Waals surface area contributed by atoms with Gasteiger partial charge in [-0.3, -0.25) is 14.5 Å². The highest BCUT2D eigenvalue weighted by Crippen LogP contribution is 2.35. The van der Waals surface area contributed by atoms with E-state index >= 15 is 0 Å². The first-order valence-electron chi connectivity index (χ1n) is 5.03. The average molecular weight is 195 g/mol. The number of amides is 2. The molecule has 4 heteroatoms. The van der Waals surface area contributed by atoms with Gasteiger partial charge in [-0.05, 0) is 19.3 Å². The van der Waals surface area contributed by atoms with Crippen molar-refractivity contribution in [3.05, 3.63) is 0 Å². The Morgan fingerprint density at radius 3 is 2.29 bits per heavy atom. The summed E-state index contributed by atoms with van der Waals surface area (Å²) < 4.78 is 0.